The van der Waals surface area contributed by atoms with Gasteiger partial charge in [0.05, 0.1) is 19.3 Å². The van der Waals surface area contributed by atoms with Crippen LogP contribution >= 0.6 is 23.4 Å². The maximum absolute atomic E-state index is 11.6. The molecule has 5 atom stereocenters. The molecule has 0 aromatic heterocycles. The molecule has 0 aromatic carbocycles. The van der Waals surface area contributed by atoms with Gasteiger partial charge in [0.1, 0.15) is 6.10 Å². The van der Waals surface area contributed by atoms with Crippen LogP contribution in [0.1, 0.15) is 6.92 Å². The molecule has 0 aromatic rings. The van der Waals surface area contributed by atoms with E-state index in [2.05, 4.69) is 13.1 Å². The molecule has 1 aliphatic rings. The molecule has 14 heteroatoms. The third kappa shape index (κ3) is 8.36. The van der Waals surface area contributed by atoms with Crippen molar-refractivity contribution in [2.45, 2.75) is 19.1 Å². The average molecular weight is 391 g/mol. The normalized spacial score (nSPS) is 28.5. The summed E-state index contributed by atoms with van der Waals surface area (Å²) in [4.78, 5) is 27.8. The zero-order valence-electron chi connectivity index (χ0n) is 11.8. The van der Waals surface area contributed by atoms with Crippen LogP contribution in [0.25, 0.3) is 0 Å². The zero-order valence-corrected chi connectivity index (χ0v) is 14.5. The lowest BCUT2D eigenvalue weighted by molar-refractivity contribution is 0.0318. The maximum atomic E-state index is 11.6. The van der Waals surface area contributed by atoms with Crippen molar-refractivity contribution >= 4 is 23.4 Å². The molecule has 0 fully saturated rings. The molecule has 0 bridgehead atoms. The lowest BCUT2D eigenvalue weighted by Crippen LogP contribution is -2.16. The monoisotopic (exact) mass is 391 g/mol. The summed E-state index contributed by atoms with van der Waals surface area (Å²) >= 11 is 0. The molecule has 1 heterocycles. The lowest BCUT2D eigenvalue weighted by atomic mass is 10.3. The highest BCUT2D eigenvalue weighted by Crippen LogP contribution is 2.66. The third-order valence-electron chi connectivity index (χ3n) is 2.19. The summed E-state index contributed by atoms with van der Waals surface area (Å²) in [5, 5.41) is 1.73. The van der Waals surface area contributed by atoms with Gasteiger partial charge in [-0.15, -0.1) is 6.42 Å². The summed E-state index contributed by atoms with van der Waals surface area (Å²) in [6.07, 6.45) is 7.21. The van der Waals surface area contributed by atoms with Gasteiger partial charge in [-0.3, -0.25) is 4.52 Å². The van der Waals surface area contributed by atoms with Crippen molar-refractivity contribution < 1.29 is 46.3 Å². The first-order chi connectivity index (χ1) is 10.4. The summed E-state index contributed by atoms with van der Waals surface area (Å²) in [7, 11) is -15.3. The van der Waals surface area contributed by atoms with Crippen LogP contribution < -0.4 is 5.09 Å². The predicted octanol–water partition coefficient (Wildman–Crippen LogP) is 0.904. The van der Waals surface area contributed by atoms with E-state index in [4.69, 9.17) is 11.2 Å². The first kappa shape index (κ1) is 20.7. The van der Waals surface area contributed by atoms with Crippen LogP contribution in [0, 0.1) is 12.3 Å². The van der Waals surface area contributed by atoms with Crippen LogP contribution in [0.2, 0.25) is 0 Å². The zero-order chi connectivity index (χ0) is 17.7. The fourth-order valence-electron chi connectivity index (χ4n) is 1.39. The summed E-state index contributed by atoms with van der Waals surface area (Å²) < 4.78 is 51.9. The Hall–Kier alpha value is -0.330. The van der Waals surface area contributed by atoms with Crippen molar-refractivity contribution in [1.82, 2.24) is 5.09 Å². The molecular weight excluding hydrogens is 375 g/mol. The van der Waals surface area contributed by atoms with Gasteiger partial charge >= 0.3 is 23.4 Å². The van der Waals surface area contributed by atoms with Crippen LogP contribution in [0.4, 0.5) is 0 Å². The van der Waals surface area contributed by atoms with Gasteiger partial charge in [0.15, 0.2) is 0 Å². The molecule has 0 saturated heterocycles. The molecule has 1 aliphatic heterocycles. The number of terminal acetylenes is 1. The van der Waals surface area contributed by atoms with Crippen molar-refractivity contribution in [3.8, 4) is 12.3 Å². The van der Waals surface area contributed by atoms with Gasteiger partial charge in [0.2, 0.25) is 0 Å². The maximum Gasteiger partial charge on any atom is 0.489 e. The Morgan fingerprint density at radius 1 is 1.22 bits per heavy atom. The first-order valence-electron chi connectivity index (χ1n) is 6.03. The van der Waals surface area contributed by atoms with Gasteiger partial charge in [-0.25, -0.2) is 18.8 Å². The van der Waals surface area contributed by atoms with Crippen molar-refractivity contribution in [3.05, 3.63) is 12.2 Å². The molecule has 0 saturated carbocycles. The minimum Gasteiger partial charge on any atom is -0.365 e. The Labute approximate surface area is 132 Å². The summed E-state index contributed by atoms with van der Waals surface area (Å²) in [6, 6.07) is 0. The van der Waals surface area contributed by atoms with Crippen molar-refractivity contribution in [2.75, 3.05) is 13.2 Å². The van der Waals surface area contributed by atoms with Crippen LogP contribution in [0.5, 0.6) is 0 Å². The number of rotatable bonds is 9. The average Bonchev–Trinajstić information content (AvgIpc) is 2.77. The van der Waals surface area contributed by atoms with Crippen LogP contribution in [-0.4, -0.2) is 40.0 Å². The van der Waals surface area contributed by atoms with E-state index in [9.17, 15) is 28.4 Å². The van der Waals surface area contributed by atoms with Gasteiger partial charge in [0, 0.05) is 0 Å². The molecule has 0 radical (unpaired) electrons. The lowest BCUT2D eigenvalue weighted by Gasteiger charge is -2.19. The van der Waals surface area contributed by atoms with E-state index in [1.807, 2.05) is 5.92 Å². The minimum atomic E-state index is -5.39. The second-order valence-corrected chi connectivity index (χ2v) is 9.02. The van der Waals surface area contributed by atoms with E-state index < -0.39 is 42.6 Å². The number of ether oxygens (including phenoxy) is 1. The predicted molar refractivity (Wildman–Crippen MR) is 77.9 cm³/mol. The summed E-state index contributed by atoms with van der Waals surface area (Å²) in [6.45, 7) is 0.828. The van der Waals surface area contributed by atoms with E-state index in [0.29, 0.717) is 0 Å². The number of nitrogens with one attached hydrogen (secondary N) is 1. The standard InChI is InChI=1S/C9H16NO10P3/c1-3-6-10-21(11,12)19-23(15,16)20-22(13,14)17-7-9-5-4-8(2)18-9/h1,4-5,8-9H,6-7H2,2H3,(H,13,14)(H,15,16)(H2,10,11,12)/t8-,9-/m0/s1. The Kier molecular flexibility index (Phi) is 7.36. The number of phosphoric ester groups is 1. The highest BCUT2D eigenvalue weighted by atomic mass is 31.3. The molecule has 0 amide bonds. The van der Waals surface area contributed by atoms with Crippen molar-refractivity contribution in [1.29, 1.82) is 0 Å². The van der Waals surface area contributed by atoms with Crippen LogP contribution in [0.3, 0.4) is 0 Å². The fourth-order valence-corrected chi connectivity index (χ4v) is 4.99. The molecule has 3 unspecified atom stereocenters. The number of hydrogen-bond acceptors (Lipinski definition) is 7. The Morgan fingerprint density at radius 3 is 2.39 bits per heavy atom. The second-order valence-electron chi connectivity index (χ2n) is 4.22. The smallest absolute Gasteiger partial charge is 0.365 e. The fraction of sp³-hybridized carbons (Fsp3) is 0.556. The summed E-state index contributed by atoms with van der Waals surface area (Å²) in [5.74, 6) is 1.93. The number of phosphoric acid groups is 2. The first-order valence-corrected chi connectivity index (χ1v) is 10.6. The van der Waals surface area contributed by atoms with Gasteiger partial charge in [0.25, 0.3) is 0 Å². The Bertz CT molecular complexity index is 628. The topological polar surface area (TPSA) is 161 Å². The molecule has 4 N–H and O–H groups in total. The Morgan fingerprint density at radius 2 is 1.87 bits per heavy atom. The highest BCUT2D eigenvalue weighted by molar-refractivity contribution is 7.67. The van der Waals surface area contributed by atoms with Crippen molar-refractivity contribution in [3.63, 3.8) is 0 Å². The minimum absolute atomic E-state index is 0.211. The number of hydrogen-bond donors (Lipinski definition) is 4. The Balaban J connectivity index is 2.55. The van der Waals surface area contributed by atoms with E-state index in [-0.39, 0.29) is 6.10 Å². The SMILES string of the molecule is C#CCNP(=O)(O)OP(=O)(O)OP(=O)(O)OC[C@@H]1C=C[C@H](C)O1. The molecule has 11 nitrogen and oxygen atoms in total. The second kappa shape index (κ2) is 8.17. The van der Waals surface area contributed by atoms with Crippen LogP contribution in [0.15, 0.2) is 12.2 Å². The van der Waals surface area contributed by atoms with Crippen molar-refractivity contribution in [2.24, 2.45) is 0 Å². The van der Waals surface area contributed by atoms with Gasteiger partial charge in [-0.05, 0) is 6.92 Å². The van der Waals surface area contributed by atoms with E-state index in [0.717, 1.165) is 0 Å². The van der Waals surface area contributed by atoms with E-state index in [1.54, 1.807) is 24.2 Å². The van der Waals surface area contributed by atoms with Gasteiger partial charge in [-0.2, -0.15) is 8.62 Å². The van der Waals surface area contributed by atoms with Crippen LogP contribution in [-0.2, 0) is 31.6 Å². The molecule has 0 aliphatic carbocycles. The molecule has 132 valence electrons. The highest BCUT2D eigenvalue weighted by Gasteiger charge is 2.41. The van der Waals surface area contributed by atoms with E-state index in [1.165, 1.54) is 0 Å². The molecule has 0 spiro atoms. The van der Waals surface area contributed by atoms with Gasteiger partial charge < -0.3 is 19.4 Å². The largest absolute Gasteiger partial charge is 0.489 e. The third-order valence-corrected chi connectivity index (χ3v) is 6.58. The van der Waals surface area contributed by atoms with E-state index >= 15 is 0 Å². The molecule has 23 heavy (non-hydrogen) atoms. The quantitative estimate of drug-likeness (QED) is 0.251. The summed E-state index contributed by atoms with van der Waals surface area (Å²) in [5.41, 5.74) is 0. The molecular formula is C9H16NO10P3. The van der Waals surface area contributed by atoms with Gasteiger partial charge in [-0.1, -0.05) is 18.1 Å². The molecule has 1 rings (SSSR count).